The smallest absolute Gasteiger partial charge is 0.124 e. The summed E-state index contributed by atoms with van der Waals surface area (Å²) in [4.78, 5) is 0. The van der Waals surface area contributed by atoms with Crippen molar-refractivity contribution in [2.75, 3.05) is 0 Å². The second-order valence-corrected chi connectivity index (χ2v) is 5.74. The lowest BCUT2D eigenvalue weighted by Gasteiger charge is -2.14. The molecule has 0 saturated carbocycles. The molecule has 0 aliphatic rings. The van der Waals surface area contributed by atoms with Crippen LogP contribution >= 0.6 is 27.5 Å². The molecule has 0 unspecified atom stereocenters. The maximum atomic E-state index is 5.95. The molecular formula is C15H15BrClNO. The normalized spacial score (nSPS) is 12.2. The van der Waals surface area contributed by atoms with Gasteiger partial charge in [-0.1, -0.05) is 39.7 Å². The van der Waals surface area contributed by atoms with Crippen LogP contribution in [0.4, 0.5) is 0 Å². The molecule has 2 rings (SSSR count). The molecule has 4 heteroatoms. The standard InChI is InChI=1S/C15H15BrClNO/c1-10(18)14-8-12(16)5-6-15(14)19-9-11-3-2-4-13(17)7-11/h2-8,10H,9,18H2,1H3/t10-/m0/s1. The van der Waals surface area contributed by atoms with E-state index in [2.05, 4.69) is 15.9 Å². The minimum atomic E-state index is -0.0770. The van der Waals surface area contributed by atoms with Gasteiger partial charge in [0.25, 0.3) is 0 Å². The van der Waals surface area contributed by atoms with E-state index in [9.17, 15) is 0 Å². The van der Waals surface area contributed by atoms with Crippen LogP contribution in [-0.4, -0.2) is 0 Å². The fourth-order valence-corrected chi connectivity index (χ4v) is 2.39. The summed E-state index contributed by atoms with van der Waals surface area (Å²) in [6.45, 7) is 2.41. The van der Waals surface area contributed by atoms with Crippen LogP contribution < -0.4 is 10.5 Å². The Morgan fingerprint density at radius 1 is 1.26 bits per heavy atom. The second-order valence-electron chi connectivity index (χ2n) is 4.39. The molecule has 0 aliphatic heterocycles. The molecule has 0 bridgehead atoms. The Hall–Kier alpha value is -1.03. The highest BCUT2D eigenvalue weighted by Crippen LogP contribution is 2.28. The highest BCUT2D eigenvalue weighted by Gasteiger charge is 2.09. The summed E-state index contributed by atoms with van der Waals surface area (Å²) in [5.74, 6) is 0.804. The molecule has 0 aliphatic carbocycles. The maximum absolute atomic E-state index is 5.95. The van der Waals surface area contributed by atoms with Crippen molar-refractivity contribution in [2.24, 2.45) is 5.73 Å². The molecule has 100 valence electrons. The number of hydrogen-bond acceptors (Lipinski definition) is 2. The topological polar surface area (TPSA) is 35.2 Å². The average Bonchev–Trinajstić information content (AvgIpc) is 2.37. The number of rotatable bonds is 4. The molecule has 0 aromatic heterocycles. The molecule has 0 radical (unpaired) electrons. The molecule has 2 nitrogen and oxygen atoms in total. The van der Waals surface area contributed by atoms with Gasteiger partial charge in [-0.2, -0.15) is 0 Å². The molecule has 0 heterocycles. The van der Waals surface area contributed by atoms with Gasteiger partial charge in [-0.25, -0.2) is 0 Å². The lowest BCUT2D eigenvalue weighted by molar-refractivity contribution is 0.301. The quantitative estimate of drug-likeness (QED) is 0.875. The lowest BCUT2D eigenvalue weighted by atomic mass is 10.1. The summed E-state index contributed by atoms with van der Waals surface area (Å²) < 4.78 is 6.83. The van der Waals surface area contributed by atoms with Gasteiger partial charge in [0, 0.05) is 21.1 Å². The van der Waals surface area contributed by atoms with Crippen LogP contribution in [0.2, 0.25) is 5.02 Å². The predicted octanol–water partition coefficient (Wildman–Crippen LogP) is 4.70. The molecule has 19 heavy (non-hydrogen) atoms. The Balaban J connectivity index is 2.15. The number of ether oxygens (including phenoxy) is 1. The molecule has 1 atom stereocenters. The van der Waals surface area contributed by atoms with Crippen LogP contribution in [-0.2, 0) is 6.61 Å². The first-order valence-corrected chi connectivity index (χ1v) is 7.15. The fourth-order valence-electron chi connectivity index (χ4n) is 1.79. The molecule has 0 fully saturated rings. The Morgan fingerprint density at radius 3 is 2.74 bits per heavy atom. The van der Waals surface area contributed by atoms with E-state index in [4.69, 9.17) is 22.1 Å². The van der Waals surface area contributed by atoms with Gasteiger partial charge in [-0.3, -0.25) is 0 Å². The number of nitrogens with two attached hydrogens (primary N) is 1. The van der Waals surface area contributed by atoms with Crippen LogP contribution in [0.25, 0.3) is 0 Å². The van der Waals surface area contributed by atoms with E-state index in [1.807, 2.05) is 49.4 Å². The van der Waals surface area contributed by atoms with Gasteiger partial charge in [0.2, 0.25) is 0 Å². The van der Waals surface area contributed by atoms with Gasteiger partial charge >= 0.3 is 0 Å². The Labute approximate surface area is 126 Å². The maximum Gasteiger partial charge on any atom is 0.124 e. The molecule has 2 N–H and O–H groups in total. The van der Waals surface area contributed by atoms with Gasteiger partial charge in [0.05, 0.1) is 0 Å². The van der Waals surface area contributed by atoms with Crippen molar-refractivity contribution in [3.63, 3.8) is 0 Å². The van der Waals surface area contributed by atoms with Gasteiger partial charge in [-0.05, 0) is 42.8 Å². The van der Waals surface area contributed by atoms with Crippen molar-refractivity contribution in [1.82, 2.24) is 0 Å². The lowest BCUT2D eigenvalue weighted by Crippen LogP contribution is -2.08. The summed E-state index contributed by atoms with van der Waals surface area (Å²) >= 11 is 9.39. The van der Waals surface area contributed by atoms with Gasteiger partial charge in [0.1, 0.15) is 12.4 Å². The number of benzene rings is 2. The van der Waals surface area contributed by atoms with E-state index in [-0.39, 0.29) is 6.04 Å². The predicted molar refractivity (Wildman–Crippen MR) is 82.5 cm³/mol. The zero-order valence-corrected chi connectivity index (χ0v) is 12.9. The monoisotopic (exact) mass is 339 g/mol. The van der Waals surface area contributed by atoms with Crippen LogP contribution in [0.5, 0.6) is 5.75 Å². The molecule has 2 aromatic carbocycles. The van der Waals surface area contributed by atoms with Crippen molar-refractivity contribution in [3.8, 4) is 5.75 Å². The zero-order chi connectivity index (χ0) is 13.8. The van der Waals surface area contributed by atoms with E-state index in [0.717, 1.165) is 21.3 Å². The first-order valence-electron chi connectivity index (χ1n) is 5.98. The van der Waals surface area contributed by atoms with Crippen molar-refractivity contribution >= 4 is 27.5 Å². The SMILES string of the molecule is C[C@H](N)c1cc(Br)ccc1OCc1cccc(Cl)c1. The molecular weight excluding hydrogens is 326 g/mol. The van der Waals surface area contributed by atoms with E-state index >= 15 is 0 Å². The van der Waals surface area contributed by atoms with Crippen LogP contribution in [0.1, 0.15) is 24.1 Å². The highest BCUT2D eigenvalue weighted by molar-refractivity contribution is 9.10. The van der Waals surface area contributed by atoms with E-state index in [1.165, 1.54) is 0 Å². The highest BCUT2D eigenvalue weighted by atomic mass is 79.9. The summed E-state index contributed by atoms with van der Waals surface area (Å²) in [5.41, 5.74) is 7.97. The minimum Gasteiger partial charge on any atom is -0.489 e. The molecule has 2 aromatic rings. The van der Waals surface area contributed by atoms with Crippen molar-refractivity contribution in [2.45, 2.75) is 19.6 Å². The first-order chi connectivity index (χ1) is 9.06. The van der Waals surface area contributed by atoms with Gasteiger partial charge in [-0.15, -0.1) is 0 Å². The average molecular weight is 341 g/mol. The van der Waals surface area contributed by atoms with E-state index in [0.29, 0.717) is 11.6 Å². The van der Waals surface area contributed by atoms with Crippen LogP contribution in [0.15, 0.2) is 46.9 Å². The Morgan fingerprint density at radius 2 is 2.05 bits per heavy atom. The third kappa shape index (κ3) is 3.96. The summed E-state index contributed by atoms with van der Waals surface area (Å²) in [5, 5.41) is 0.712. The van der Waals surface area contributed by atoms with Gasteiger partial charge < -0.3 is 10.5 Å². The first kappa shape index (κ1) is 14.4. The third-order valence-corrected chi connectivity index (χ3v) is 3.47. The largest absolute Gasteiger partial charge is 0.489 e. The van der Waals surface area contributed by atoms with Crippen molar-refractivity contribution in [3.05, 3.63) is 63.1 Å². The molecule has 0 amide bonds. The molecule has 0 spiro atoms. The van der Waals surface area contributed by atoms with E-state index < -0.39 is 0 Å². The Kier molecular flexibility index (Phi) is 4.86. The summed E-state index contributed by atoms with van der Waals surface area (Å²) in [6.07, 6.45) is 0. The summed E-state index contributed by atoms with van der Waals surface area (Å²) in [6, 6.07) is 13.4. The van der Waals surface area contributed by atoms with Crippen molar-refractivity contribution in [1.29, 1.82) is 0 Å². The van der Waals surface area contributed by atoms with Gasteiger partial charge in [0.15, 0.2) is 0 Å². The number of hydrogen-bond donors (Lipinski definition) is 1. The van der Waals surface area contributed by atoms with Crippen LogP contribution in [0, 0.1) is 0 Å². The Bertz CT molecular complexity index is 572. The van der Waals surface area contributed by atoms with Crippen LogP contribution in [0.3, 0.4) is 0 Å². The fraction of sp³-hybridized carbons (Fsp3) is 0.200. The molecule has 0 saturated heterocycles. The summed E-state index contributed by atoms with van der Waals surface area (Å²) in [7, 11) is 0. The number of halogens is 2. The minimum absolute atomic E-state index is 0.0770. The van der Waals surface area contributed by atoms with Crippen molar-refractivity contribution < 1.29 is 4.74 Å². The third-order valence-electron chi connectivity index (χ3n) is 2.75. The second kappa shape index (κ2) is 6.42. The van der Waals surface area contributed by atoms with E-state index in [1.54, 1.807) is 0 Å². The zero-order valence-electron chi connectivity index (χ0n) is 10.6.